The lowest BCUT2D eigenvalue weighted by molar-refractivity contribution is -0.121. The van der Waals surface area contributed by atoms with Crippen LogP contribution in [0.2, 0.25) is 0 Å². The molecule has 0 spiro atoms. The van der Waals surface area contributed by atoms with Gasteiger partial charge < -0.3 is 15.4 Å². The lowest BCUT2D eigenvalue weighted by Gasteiger charge is -2.36. The van der Waals surface area contributed by atoms with Crippen molar-refractivity contribution in [3.05, 3.63) is 59.2 Å². The van der Waals surface area contributed by atoms with Crippen molar-refractivity contribution in [1.82, 2.24) is 0 Å². The number of carbonyl (C=O) groups is 1. The van der Waals surface area contributed by atoms with E-state index in [1.54, 1.807) is 24.3 Å². The first-order chi connectivity index (χ1) is 13.5. The molecule has 1 fully saturated rings. The van der Waals surface area contributed by atoms with E-state index in [0.717, 1.165) is 44.6 Å². The standard InChI is InChI=1S/C21H22BF2NO3/c23-17-12-11-16-19(18(17)24)25-20(26)21(16,13-5-3-1-2-4-6-13)14-7-9-15(10-8-14)22(27)28/h7-13,27-28H,1-6H2,(H,25,26). The van der Waals surface area contributed by atoms with Crippen molar-refractivity contribution in [2.45, 2.75) is 43.9 Å². The Morgan fingerprint density at radius 1 is 0.964 bits per heavy atom. The molecule has 4 nitrogen and oxygen atoms in total. The second-order valence-electron chi connectivity index (χ2n) is 7.73. The molecule has 146 valence electrons. The number of rotatable bonds is 3. The third-order valence-electron chi connectivity index (χ3n) is 6.25. The maximum absolute atomic E-state index is 14.5. The number of benzene rings is 2. The topological polar surface area (TPSA) is 69.6 Å². The fraction of sp³-hybridized carbons (Fsp3) is 0.381. The summed E-state index contributed by atoms with van der Waals surface area (Å²) in [4.78, 5) is 13.3. The van der Waals surface area contributed by atoms with Crippen LogP contribution in [-0.4, -0.2) is 23.1 Å². The molecule has 4 rings (SSSR count). The Labute approximate surface area is 162 Å². The van der Waals surface area contributed by atoms with E-state index in [9.17, 15) is 23.6 Å². The zero-order chi connectivity index (χ0) is 19.9. The number of carbonyl (C=O) groups excluding carboxylic acids is 1. The minimum Gasteiger partial charge on any atom is -0.423 e. The summed E-state index contributed by atoms with van der Waals surface area (Å²) in [5.74, 6) is -2.43. The Balaban J connectivity index is 1.93. The van der Waals surface area contributed by atoms with Crippen LogP contribution in [0.1, 0.15) is 49.7 Å². The van der Waals surface area contributed by atoms with Gasteiger partial charge in [-0.15, -0.1) is 0 Å². The normalized spacial score (nSPS) is 22.5. The highest BCUT2D eigenvalue weighted by atomic mass is 19.2. The molecule has 0 radical (unpaired) electrons. The summed E-state index contributed by atoms with van der Waals surface area (Å²) < 4.78 is 28.3. The van der Waals surface area contributed by atoms with E-state index in [1.165, 1.54) is 6.07 Å². The van der Waals surface area contributed by atoms with Gasteiger partial charge in [0.05, 0.1) is 5.69 Å². The third-order valence-corrected chi connectivity index (χ3v) is 6.25. The number of hydrogen-bond donors (Lipinski definition) is 3. The van der Waals surface area contributed by atoms with Gasteiger partial charge in [-0.2, -0.15) is 0 Å². The Bertz CT molecular complexity index is 895. The SMILES string of the molecule is O=C1Nc2c(ccc(F)c2F)C1(c1ccc(B(O)O)cc1)C1CCCCCC1. The molecule has 2 aromatic rings. The zero-order valence-corrected chi connectivity index (χ0v) is 15.4. The van der Waals surface area contributed by atoms with E-state index in [1.807, 2.05) is 0 Å². The Morgan fingerprint density at radius 2 is 1.61 bits per heavy atom. The van der Waals surface area contributed by atoms with Gasteiger partial charge in [-0.1, -0.05) is 56.0 Å². The van der Waals surface area contributed by atoms with E-state index in [2.05, 4.69) is 5.32 Å². The van der Waals surface area contributed by atoms with Crippen LogP contribution in [-0.2, 0) is 10.2 Å². The van der Waals surface area contributed by atoms with E-state index < -0.39 is 24.2 Å². The molecule has 1 heterocycles. The van der Waals surface area contributed by atoms with Crippen LogP contribution in [0.25, 0.3) is 0 Å². The van der Waals surface area contributed by atoms with Crippen molar-refractivity contribution in [2.24, 2.45) is 5.92 Å². The maximum atomic E-state index is 14.5. The van der Waals surface area contributed by atoms with Gasteiger partial charge >= 0.3 is 7.12 Å². The van der Waals surface area contributed by atoms with Crippen LogP contribution in [0.4, 0.5) is 14.5 Å². The van der Waals surface area contributed by atoms with Gasteiger partial charge in [0.2, 0.25) is 5.91 Å². The van der Waals surface area contributed by atoms with Crippen molar-refractivity contribution in [2.75, 3.05) is 5.32 Å². The first-order valence-corrected chi connectivity index (χ1v) is 9.72. The van der Waals surface area contributed by atoms with Gasteiger partial charge in [-0.05, 0) is 41.4 Å². The van der Waals surface area contributed by atoms with Crippen molar-refractivity contribution in [3.63, 3.8) is 0 Å². The van der Waals surface area contributed by atoms with Crippen molar-refractivity contribution >= 4 is 24.2 Å². The highest BCUT2D eigenvalue weighted by Gasteiger charge is 2.54. The predicted molar refractivity (Wildman–Crippen MR) is 103 cm³/mol. The zero-order valence-electron chi connectivity index (χ0n) is 15.4. The summed E-state index contributed by atoms with van der Waals surface area (Å²) in [6.45, 7) is 0. The van der Waals surface area contributed by atoms with Gasteiger partial charge in [-0.25, -0.2) is 8.78 Å². The molecular formula is C21H22BF2NO3. The number of amides is 1. The number of fused-ring (bicyclic) bond motifs is 1. The minimum absolute atomic E-state index is 0.0500. The molecular weight excluding hydrogens is 363 g/mol. The molecule has 2 aromatic carbocycles. The molecule has 0 saturated heterocycles. The van der Waals surface area contributed by atoms with Crippen LogP contribution in [0.5, 0.6) is 0 Å². The smallest absolute Gasteiger partial charge is 0.423 e. The van der Waals surface area contributed by atoms with Gasteiger partial charge in [0.15, 0.2) is 11.6 Å². The Kier molecular flexibility index (Phi) is 4.97. The van der Waals surface area contributed by atoms with Crippen LogP contribution in [0.3, 0.4) is 0 Å². The van der Waals surface area contributed by atoms with E-state index in [4.69, 9.17) is 0 Å². The fourth-order valence-corrected chi connectivity index (χ4v) is 4.89. The summed E-state index contributed by atoms with van der Waals surface area (Å²) >= 11 is 0. The van der Waals surface area contributed by atoms with E-state index in [0.29, 0.717) is 16.6 Å². The molecule has 1 saturated carbocycles. The van der Waals surface area contributed by atoms with E-state index in [-0.39, 0.29) is 17.5 Å². The van der Waals surface area contributed by atoms with Crippen molar-refractivity contribution < 1.29 is 23.6 Å². The molecule has 0 bridgehead atoms. The largest absolute Gasteiger partial charge is 0.488 e. The van der Waals surface area contributed by atoms with Gasteiger partial charge in [-0.3, -0.25) is 4.79 Å². The summed E-state index contributed by atoms with van der Waals surface area (Å²) in [6, 6.07) is 9.08. The van der Waals surface area contributed by atoms with Crippen LogP contribution >= 0.6 is 0 Å². The molecule has 3 N–H and O–H groups in total. The minimum atomic E-state index is -1.61. The van der Waals surface area contributed by atoms with Gasteiger partial charge in [0, 0.05) is 0 Å². The Morgan fingerprint density at radius 3 is 2.21 bits per heavy atom. The second kappa shape index (κ2) is 7.30. The van der Waals surface area contributed by atoms with Crippen molar-refractivity contribution in [1.29, 1.82) is 0 Å². The first-order valence-electron chi connectivity index (χ1n) is 9.72. The maximum Gasteiger partial charge on any atom is 0.488 e. The Hall–Kier alpha value is -2.25. The molecule has 2 aliphatic rings. The average molecular weight is 385 g/mol. The highest BCUT2D eigenvalue weighted by Crippen LogP contribution is 2.52. The summed E-state index contributed by atoms with van der Waals surface area (Å²) in [6.07, 6.45) is 5.77. The van der Waals surface area contributed by atoms with Gasteiger partial charge in [0.1, 0.15) is 5.41 Å². The molecule has 1 atom stereocenters. The van der Waals surface area contributed by atoms with Crippen LogP contribution < -0.4 is 10.8 Å². The summed E-state index contributed by atoms with van der Waals surface area (Å²) in [5.41, 5.74) is 0.225. The number of anilines is 1. The predicted octanol–water partition coefficient (Wildman–Crippen LogP) is 2.85. The lowest BCUT2D eigenvalue weighted by atomic mass is 9.63. The molecule has 28 heavy (non-hydrogen) atoms. The third kappa shape index (κ3) is 2.84. The van der Waals surface area contributed by atoms with Crippen LogP contribution in [0.15, 0.2) is 36.4 Å². The summed E-state index contributed by atoms with van der Waals surface area (Å²) in [7, 11) is -1.61. The summed E-state index contributed by atoms with van der Waals surface area (Å²) in [5, 5.41) is 21.4. The fourth-order valence-electron chi connectivity index (χ4n) is 4.89. The monoisotopic (exact) mass is 385 g/mol. The molecule has 1 amide bonds. The average Bonchev–Trinajstić information content (AvgIpc) is 2.84. The molecule has 0 aromatic heterocycles. The molecule has 1 unspecified atom stereocenters. The first kappa shape index (κ1) is 19.1. The highest BCUT2D eigenvalue weighted by molar-refractivity contribution is 6.58. The molecule has 1 aliphatic heterocycles. The second-order valence-corrected chi connectivity index (χ2v) is 7.73. The number of hydrogen-bond acceptors (Lipinski definition) is 3. The van der Waals surface area contributed by atoms with Gasteiger partial charge in [0.25, 0.3) is 0 Å². The van der Waals surface area contributed by atoms with Crippen molar-refractivity contribution in [3.8, 4) is 0 Å². The molecule has 1 aliphatic carbocycles. The number of halogens is 2. The lowest BCUT2D eigenvalue weighted by Crippen LogP contribution is -2.43. The quantitative estimate of drug-likeness (QED) is 0.562. The van der Waals surface area contributed by atoms with E-state index >= 15 is 0 Å². The number of nitrogens with one attached hydrogen (secondary N) is 1. The van der Waals surface area contributed by atoms with Crippen LogP contribution in [0, 0.1) is 17.6 Å². The molecule has 7 heteroatoms.